The summed E-state index contributed by atoms with van der Waals surface area (Å²) in [7, 11) is 0. The van der Waals surface area contributed by atoms with Gasteiger partial charge in [-0.1, -0.05) is 38.1 Å². The Morgan fingerprint density at radius 1 is 0.893 bits per heavy atom. The molecule has 0 saturated heterocycles. The van der Waals surface area contributed by atoms with Crippen LogP contribution in [0.1, 0.15) is 34.6 Å². The maximum Gasteiger partial charge on any atom is 0.265 e. The van der Waals surface area contributed by atoms with E-state index in [1.165, 1.54) is 21.6 Å². The molecule has 1 aromatic heterocycles. The van der Waals surface area contributed by atoms with Gasteiger partial charge in [0.05, 0.1) is 4.88 Å². The minimum Gasteiger partial charge on any atom is -0.326 e. The Balaban J connectivity index is 1.48. The van der Waals surface area contributed by atoms with Crippen LogP contribution < -0.4 is 10.6 Å². The standard InChI is InChI=1S/C23H22N2O2S/c1-14(2)22(26)24-17-9-11-18(12-10-17)25-23(27)20-13-16-8-7-15-5-3-4-6-19(15)21(16)28-20/h3-6,9-14H,7-8H2,1-2H3,(H,24,26)(H,25,27). The summed E-state index contributed by atoms with van der Waals surface area (Å²) < 4.78 is 0. The smallest absolute Gasteiger partial charge is 0.265 e. The largest absolute Gasteiger partial charge is 0.326 e. The van der Waals surface area contributed by atoms with Gasteiger partial charge >= 0.3 is 0 Å². The van der Waals surface area contributed by atoms with E-state index in [0.717, 1.165) is 23.4 Å². The third kappa shape index (κ3) is 3.71. The van der Waals surface area contributed by atoms with Crippen LogP contribution in [-0.2, 0) is 17.6 Å². The Hall–Kier alpha value is -2.92. The Morgan fingerprint density at radius 3 is 2.25 bits per heavy atom. The molecular weight excluding hydrogens is 368 g/mol. The van der Waals surface area contributed by atoms with Crippen molar-refractivity contribution in [3.8, 4) is 10.4 Å². The fraction of sp³-hybridized carbons (Fsp3) is 0.217. The minimum atomic E-state index is -0.101. The van der Waals surface area contributed by atoms with Crippen LogP contribution in [0.3, 0.4) is 0 Å². The van der Waals surface area contributed by atoms with E-state index in [-0.39, 0.29) is 17.7 Å². The van der Waals surface area contributed by atoms with Gasteiger partial charge in [-0.3, -0.25) is 9.59 Å². The van der Waals surface area contributed by atoms with Gasteiger partial charge in [-0.25, -0.2) is 0 Å². The molecule has 3 aromatic rings. The van der Waals surface area contributed by atoms with Crippen molar-refractivity contribution in [2.75, 3.05) is 10.6 Å². The van der Waals surface area contributed by atoms with Crippen molar-refractivity contribution in [1.29, 1.82) is 0 Å². The summed E-state index contributed by atoms with van der Waals surface area (Å²) in [4.78, 5) is 26.4. The average molecular weight is 391 g/mol. The first-order chi connectivity index (χ1) is 13.5. The first-order valence-electron chi connectivity index (χ1n) is 9.44. The molecule has 1 aliphatic carbocycles. The molecule has 0 bridgehead atoms. The quantitative estimate of drug-likeness (QED) is 0.630. The van der Waals surface area contributed by atoms with Gasteiger partial charge in [-0.2, -0.15) is 0 Å². The molecule has 2 amide bonds. The van der Waals surface area contributed by atoms with Crippen molar-refractivity contribution < 1.29 is 9.59 Å². The number of carbonyl (C=O) groups excluding carboxylic acids is 2. The Labute approximate surface area is 168 Å². The highest BCUT2D eigenvalue weighted by Crippen LogP contribution is 2.39. The van der Waals surface area contributed by atoms with Crippen LogP contribution in [0.4, 0.5) is 11.4 Å². The first-order valence-corrected chi connectivity index (χ1v) is 10.3. The maximum absolute atomic E-state index is 12.7. The zero-order valence-corrected chi connectivity index (χ0v) is 16.7. The lowest BCUT2D eigenvalue weighted by atomic mass is 9.91. The monoisotopic (exact) mass is 390 g/mol. The summed E-state index contributed by atoms with van der Waals surface area (Å²) in [5.74, 6) is -0.202. The molecule has 0 aliphatic heterocycles. The molecule has 0 spiro atoms. The third-order valence-corrected chi connectivity index (χ3v) is 6.10. The van der Waals surface area contributed by atoms with E-state index < -0.39 is 0 Å². The molecule has 1 heterocycles. The Morgan fingerprint density at radius 2 is 1.54 bits per heavy atom. The van der Waals surface area contributed by atoms with Crippen LogP contribution in [0.15, 0.2) is 54.6 Å². The zero-order chi connectivity index (χ0) is 19.7. The number of fused-ring (bicyclic) bond motifs is 3. The first kappa shape index (κ1) is 18.4. The molecule has 0 atom stereocenters. The van der Waals surface area contributed by atoms with Crippen LogP contribution in [0, 0.1) is 5.92 Å². The molecular formula is C23H22N2O2S. The predicted molar refractivity (Wildman–Crippen MR) is 115 cm³/mol. The van der Waals surface area contributed by atoms with Crippen molar-refractivity contribution in [2.45, 2.75) is 26.7 Å². The van der Waals surface area contributed by atoms with Crippen LogP contribution in [0.2, 0.25) is 0 Å². The number of hydrogen-bond donors (Lipinski definition) is 2. The fourth-order valence-electron chi connectivity index (χ4n) is 3.30. The van der Waals surface area contributed by atoms with E-state index in [2.05, 4.69) is 28.8 Å². The van der Waals surface area contributed by atoms with Crippen LogP contribution >= 0.6 is 11.3 Å². The molecule has 0 fully saturated rings. The van der Waals surface area contributed by atoms with E-state index in [1.54, 1.807) is 35.6 Å². The zero-order valence-electron chi connectivity index (χ0n) is 15.9. The number of thiophene rings is 1. The van der Waals surface area contributed by atoms with Crippen molar-refractivity contribution in [3.05, 3.63) is 70.6 Å². The molecule has 4 rings (SSSR count). The van der Waals surface area contributed by atoms with Crippen molar-refractivity contribution in [1.82, 2.24) is 0 Å². The summed E-state index contributed by atoms with van der Waals surface area (Å²) in [6.45, 7) is 3.70. The Bertz CT molecular complexity index is 1040. The number of hydrogen-bond acceptors (Lipinski definition) is 3. The maximum atomic E-state index is 12.7. The summed E-state index contributed by atoms with van der Waals surface area (Å²) in [5.41, 5.74) is 5.28. The van der Waals surface area contributed by atoms with Crippen LogP contribution in [0.5, 0.6) is 0 Å². The lowest BCUT2D eigenvalue weighted by molar-refractivity contribution is -0.118. The van der Waals surface area contributed by atoms with Gasteiger partial charge in [-0.15, -0.1) is 11.3 Å². The fourth-order valence-corrected chi connectivity index (χ4v) is 4.47. The van der Waals surface area contributed by atoms with E-state index in [4.69, 9.17) is 0 Å². The molecule has 1 aliphatic rings. The number of amides is 2. The second-order valence-corrected chi connectivity index (χ2v) is 8.35. The summed E-state index contributed by atoms with van der Waals surface area (Å²) in [5, 5.41) is 5.80. The van der Waals surface area contributed by atoms with E-state index in [0.29, 0.717) is 5.69 Å². The predicted octanol–water partition coefficient (Wildman–Crippen LogP) is 5.36. The van der Waals surface area contributed by atoms with Crippen LogP contribution in [0.25, 0.3) is 10.4 Å². The van der Waals surface area contributed by atoms with Gasteiger partial charge in [0.25, 0.3) is 5.91 Å². The minimum absolute atomic E-state index is 0.0266. The number of benzene rings is 2. The van der Waals surface area contributed by atoms with Gasteiger partial charge in [0.1, 0.15) is 0 Å². The van der Waals surface area contributed by atoms with Crippen molar-refractivity contribution in [3.63, 3.8) is 0 Å². The third-order valence-electron chi connectivity index (χ3n) is 4.89. The van der Waals surface area contributed by atoms with Gasteiger partial charge < -0.3 is 10.6 Å². The molecule has 0 saturated carbocycles. The van der Waals surface area contributed by atoms with Crippen LogP contribution in [-0.4, -0.2) is 11.8 Å². The number of anilines is 2. The molecule has 2 N–H and O–H groups in total. The number of nitrogens with one attached hydrogen (secondary N) is 2. The topological polar surface area (TPSA) is 58.2 Å². The number of rotatable bonds is 4. The summed E-state index contributed by atoms with van der Waals surface area (Å²) in [6.07, 6.45) is 1.99. The number of aryl methyl sites for hydroxylation is 2. The van der Waals surface area contributed by atoms with E-state index in [9.17, 15) is 9.59 Å². The normalized spacial score (nSPS) is 12.2. The second-order valence-electron chi connectivity index (χ2n) is 7.30. The second kappa shape index (κ2) is 7.60. The van der Waals surface area contributed by atoms with E-state index in [1.807, 2.05) is 26.0 Å². The Kier molecular flexibility index (Phi) is 5.01. The lowest BCUT2D eigenvalue weighted by Gasteiger charge is -2.15. The van der Waals surface area contributed by atoms with Gasteiger partial charge in [-0.05, 0) is 59.9 Å². The van der Waals surface area contributed by atoms with E-state index >= 15 is 0 Å². The van der Waals surface area contributed by atoms with Crippen molar-refractivity contribution in [2.24, 2.45) is 5.92 Å². The van der Waals surface area contributed by atoms with Gasteiger partial charge in [0.2, 0.25) is 5.91 Å². The summed E-state index contributed by atoms with van der Waals surface area (Å²) >= 11 is 1.55. The average Bonchev–Trinajstić information content (AvgIpc) is 3.14. The molecule has 0 unspecified atom stereocenters. The SMILES string of the molecule is CC(C)C(=O)Nc1ccc(NC(=O)c2cc3c(s2)-c2ccccc2CC3)cc1. The molecule has 2 aromatic carbocycles. The molecule has 4 nitrogen and oxygen atoms in total. The van der Waals surface area contributed by atoms with Crippen molar-refractivity contribution >= 4 is 34.5 Å². The lowest BCUT2D eigenvalue weighted by Crippen LogP contribution is -2.17. The molecule has 5 heteroatoms. The molecule has 0 radical (unpaired) electrons. The molecule has 28 heavy (non-hydrogen) atoms. The highest BCUT2D eigenvalue weighted by Gasteiger charge is 2.21. The highest BCUT2D eigenvalue weighted by molar-refractivity contribution is 7.17. The van der Waals surface area contributed by atoms with Gasteiger partial charge in [0, 0.05) is 22.2 Å². The molecule has 142 valence electrons. The highest BCUT2D eigenvalue weighted by atomic mass is 32.1. The number of carbonyl (C=O) groups is 2. The summed E-state index contributed by atoms with van der Waals surface area (Å²) in [6, 6.07) is 17.6. The van der Waals surface area contributed by atoms with Gasteiger partial charge in [0.15, 0.2) is 0 Å².